The Balaban J connectivity index is 2.36. The first-order valence-electron chi connectivity index (χ1n) is 6.50. The van der Waals surface area contributed by atoms with Crippen LogP contribution in [0.1, 0.15) is 16.7 Å². The molecule has 2 heterocycles. The molecular formula is C16H15N3O. The molecule has 0 saturated heterocycles. The Kier molecular flexibility index (Phi) is 2.86. The van der Waals surface area contributed by atoms with E-state index in [4.69, 9.17) is 0 Å². The van der Waals surface area contributed by atoms with Crippen LogP contribution < -0.4 is 0 Å². The lowest BCUT2D eigenvalue weighted by atomic mass is 10.0. The van der Waals surface area contributed by atoms with Crippen LogP contribution in [0.25, 0.3) is 16.9 Å². The van der Waals surface area contributed by atoms with E-state index in [1.54, 1.807) is 4.40 Å². The average molecular weight is 265 g/mol. The van der Waals surface area contributed by atoms with E-state index in [2.05, 4.69) is 10.2 Å². The second-order valence-electron chi connectivity index (χ2n) is 5.13. The van der Waals surface area contributed by atoms with E-state index < -0.39 is 0 Å². The second kappa shape index (κ2) is 4.56. The minimum atomic E-state index is 0.359. The van der Waals surface area contributed by atoms with Crippen LogP contribution in [-0.2, 0) is 0 Å². The molecule has 2 aromatic heterocycles. The number of pyridine rings is 1. The minimum absolute atomic E-state index is 0.359. The molecule has 4 nitrogen and oxygen atoms in total. The molecule has 20 heavy (non-hydrogen) atoms. The van der Waals surface area contributed by atoms with Crippen molar-refractivity contribution in [2.45, 2.75) is 20.8 Å². The summed E-state index contributed by atoms with van der Waals surface area (Å²) in [6.07, 6.45) is 1.88. The molecule has 0 fully saturated rings. The Hall–Kier alpha value is -2.49. The first kappa shape index (κ1) is 12.5. The van der Waals surface area contributed by atoms with Crippen molar-refractivity contribution in [2.24, 2.45) is 5.18 Å². The Morgan fingerprint density at radius 3 is 2.55 bits per heavy atom. The van der Waals surface area contributed by atoms with Crippen LogP contribution in [0.3, 0.4) is 0 Å². The molecule has 0 saturated carbocycles. The van der Waals surface area contributed by atoms with E-state index in [9.17, 15) is 4.91 Å². The highest BCUT2D eigenvalue weighted by Gasteiger charge is 2.16. The van der Waals surface area contributed by atoms with Gasteiger partial charge in [-0.15, -0.1) is 4.91 Å². The predicted octanol–water partition coefficient (Wildman–Crippen LogP) is 4.32. The normalized spacial score (nSPS) is 10.9. The van der Waals surface area contributed by atoms with Crippen molar-refractivity contribution in [1.29, 1.82) is 0 Å². The molecule has 1 aromatic carbocycles. The van der Waals surface area contributed by atoms with E-state index in [0.717, 1.165) is 27.9 Å². The van der Waals surface area contributed by atoms with E-state index in [1.165, 1.54) is 0 Å². The molecule has 0 aliphatic heterocycles. The van der Waals surface area contributed by atoms with Crippen LogP contribution in [0.5, 0.6) is 0 Å². The molecule has 0 N–H and O–H groups in total. The summed E-state index contributed by atoms with van der Waals surface area (Å²) in [5, 5.41) is 3.20. The zero-order valence-electron chi connectivity index (χ0n) is 11.7. The Labute approximate surface area is 117 Å². The van der Waals surface area contributed by atoms with Crippen LogP contribution in [0.4, 0.5) is 5.82 Å². The van der Waals surface area contributed by atoms with Gasteiger partial charge < -0.3 is 0 Å². The van der Waals surface area contributed by atoms with Crippen molar-refractivity contribution in [3.05, 3.63) is 58.1 Å². The number of hydrogen-bond acceptors (Lipinski definition) is 3. The Morgan fingerprint density at radius 1 is 1.05 bits per heavy atom. The number of nitrogens with zero attached hydrogens (tertiary/aromatic N) is 3. The van der Waals surface area contributed by atoms with Crippen LogP contribution in [0.2, 0.25) is 0 Å². The monoisotopic (exact) mass is 265 g/mol. The molecule has 100 valence electrons. The molecule has 0 unspecified atom stereocenters. The fraction of sp³-hybridized carbons (Fsp3) is 0.188. The molecule has 0 bridgehead atoms. The van der Waals surface area contributed by atoms with E-state index in [1.807, 2.05) is 57.3 Å². The van der Waals surface area contributed by atoms with Gasteiger partial charge in [0.25, 0.3) is 0 Å². The van der Waals surface area contributed by atoms with Gasteiger partial charge in [0.05, 0.1) is 0 Å². The highest BCUT2D eigenvalue weighted by atomic mass is 16.3. The lowest BCUT2D eigenvalue weighted by molar-refractivity contribution is 1.14. The lowest BCUT2D eigenvalue weighted by Crippen LogP contribution is -1.86. The van der Waals surface area contributed by atoms with Crippen molar-refractivity contribution < 1.29 is 0 Å². The maximum absolute atomic E-state index is 11.3. The third kappa shape index (κ3) is 1.90. The van der Waals surface area contributed by atoms with Gasteiger partial charge in [-0.25, -0.2) is 4.98 Å². The fourth-order valence-corrected chi connectivity index (χ4v) is 2.40. The van der Waals surface area contributed by atoms with Crippen LogP contribution in [-0.4, -0.2) is 9.38 Å². The van der Waals surface area contributed by atoms with Crippen LogP contribution >= 0.6 is 0 Å². The Morgan fingerprint density at radius 2 is 1.80 bits per heavy atom. The standard InChI is InChI=1S/C16H15N3O/c1-10-4-6-12(3)13(8-10)15-16(18-20)19-9-11(2)5-7-14(19)17-15/h4-9H,1-3H3. The highest BCUT2D eigenvalue weighted by Crippen LogP contribution is 2.33. The van der Waals surface area contributed by atoms with Crippen molar-refractivity contribution in [3.8, 4) is 11.3 Å². The summed E-state index contributed by atoms with van der Waals surface area (Å²) in [6, 6.07) is 10.0. The summed E-state index contributed by atoms with van der Waals surface area (Å²) < 4.78 is 1.75. The number of nitroso groups, excluding NO2 is 1. The third-order valence-corrected chi connectivity index (χ3v) is 3.48. The SMILES string of the molecule is Cc1ccc(C)c(-c2nc3ccc(C)cn3c2N=O)c1. The minimum Gasteiger partial charge on any atom is -0.281 e. The van der Waals surface area contributed by atoms with Gasteiger partial charge in [-0.05, 0) is 49.2 Å². The highest BCUT2D eigenvalue weighted by molar-refractivity contribution is 5.77. The largest absolute Gasteiger partial charge is 0.281 e. The predicted molar refractivity (Wildman–Crippen MR) is 80.3 cm³/mol. The number of hydrogen-bond donors (Lipinski definition) is 0. The Bertz CT molecular complexity index is 818. The summed E-state index contributed by atoms with van der Waals surface area (Å²) in [5.74, 6) is 0.359. The topological polar surface area (TPSA) is 46.7 Å². The zero-order valence-corrected chi connectivity index (χ0v) is 11.7. The van der Waals surface area contributed by atoms with Crippen molar-refractivity contribution in [3.63, 3.8) is 0 Å². The quantitative estimate of drug-likeness (QED) is 0.647. The summed E-state index contributed by atoms with van der Waals surface area (Å²) >= 11 is 0. The molecule has 0 spiro atoms. The number of aromatic nitrogens is 2. The maximum atomic E-state index is 11.3. The number of aryl methyl sites for hydroxylation is 3. The maximum Gasteiger partial charge on any atom is 0.209 e. The summed E-state index contributed by atoms with van der Waals surface area (Å²) in [6.45, 7) is 6.02. The van der Waals surface area contributed by atoms with Gasteiger partial charge in [0.15, 0.2) is 0 Å². The molecule has 4 heteroatoms. The molecule has 3 rings (SSSR count). The van der Waals surface area contributed by atoms with Gasteiger partial charge in [0.2, 0.25) is 5.82 Å². The second-order valence-corrected chi connectivity index (χ2v) is 5.13. The van der Waals surface area contributed by atoms with Gasteiger partial charge in [-0.3, -0.25) is 4.40 Å². The van der Waals surface area contributed by atoms with E-state index in [-0.39, 0.29) is 0 Å². The number of benzene rings is 1. The number of fused-ring (bicyclic) bond motifs is 1. The van der Waals surface area contributed by atoms with Gasteiger partial charge in [0.1, 0.15) is 11.3 Å². The molecule has 0 radical (unpaired) electrons. The molecule has 0 aliphatic carbocycles. The van der Waals surface area contributed by atoms with Crippen molar-refractivity contribution in [2.75, 3.05) is 0 Å². The molecule has 0 amide bonds. The molecule has 3 aromatic rings. The summed E-state index contributed by atoms with van der Waals surface area (Å²) in [7, 11) is 0. The number of rotatable bonds is 2. The molecule has 0 atom stereocenters. The van der Waals surface area contributed by atoms with Crippen molar-refractivity contribution in [1.82, 2.24) is 9.38 Å². The smallest absolute Gasteiger partial charge is 0.209 e. The lowest BCUT2D eigenvalue weighted by Gasteiger charge is -2.04. The third-order valence-electron chi connectivity index (χ3n) is 3.48. The van der Waals surface area contributed by atoms with E-state index >= 15 is 0 Å². The summed E-state index contributed by atoms with van der Waals surface area (Å²) in [5.41, 5.74) is 5.62. The zero-order chi connectivity index (χ0) is 14.3. The molecular weight excluding hydrogens is 250 g/mol. The average Bonchev–Trinajstić information content (AvgIpc) is 2.79. The first-order valence-corrected chi connectivity index (χ1v) is 6.50. The fourth-order valence-electron chi connectivity index (χ4n) is 2.40. The van der Waals surface area contributed by atoms with Gasteiger partial charge in [0, 0.05) is 11.8 Å². The van der Waals surface area contributed by atoms with Gasteiger partial charge in [-0.1, -0.05) is 23.8 Å². The van der Waals surface area contributed by atoms with Gasteiger partial charge in [-0.2, -0.15) is 0 Å². The summed E-state index contributed by atoms with van der Waals surface area (Å²) in [4.78, 5) is 15.8. The first-order chi connectivity index (χ1) is 9.60. The number of imidazole rings is 1. The van der Waals surface area contributed by atoms with E-state index in [0.29, 0.717) is 11.5 Å². The van der Waals surface area contributed by atoms with Crippen LogP contribution in [0, 0.1) is 25.7 Å². The van der Waals surface area contributed by atoms with Gasteiger partial charge >= 0.3 is 0 Å². The molecule has 0 aliphatic rings. The van der Waals surface area contributed by atoms with Crippen LogP contribution in [0.15, 0.2) is 41.7 Å². The van der Waals surface area contributed by atoms with Crippen molar-refractivity contribution >= 4 is 11.5 Å².